The Hall–Kier alpha value is -3.82. The predicted octanol–water partition coefficient (Wildman–Crippen LogP) is 6.02. The van der Waals surface area contributed by atoms with Crippen molar-refractivity contribution in [2.24, 2.45) is 4.99 Å². The topological polar surface area (TPSA) is 102 Å². The summed E-state index contributed by atoms with van der Waals surface area (Å²) in [6.07, 6.45) is 2.77. The van der Waals surface area contributed by atoms with Crippen LogP contribution in [0.1, 0.15) is 48.3 Å². The van der Waals surface area contributed by atoms with Crippen LogP contribution in [0.25, 0.3) is 0 Å². The summed E-state index contributed by atoms with van der Waals surface area (Å²) in [6, 6.07) is 20.7. The maximum atomic E-state index is 13.2. The fourth-order valence-electron chi connectivity index (χ4n) is 4.80. The van der Waals surface area contributed by atoms with Crippen molar-refractivity contribution in [2.45, 2.75) is 38.0 Å². The molecule has 1 heterocycles. The largest absolute Gasteiger partial charge is 0.481 e. The molecule has 0 saturated heterocycles. The zero-order valence-corrected chi connectivity index (χ0v) is 25.1. The Bertz CT molecular complexity index is 1440. The van der Waals surface area contributed by atoms with E-state index in [1.54, 1.807) is 11.9 Å². The summed E-state index contributed by atoms with van der Waals surface area (Å²) in [5.74, 6) is -1.56. The highest BCUT2D eigenvalue weighted by Gasteiger charge is 2.35. The summed E-state index contributed by atoms with van der Waals surface area (Å²) < 4.78 is 0.866. The molecule has 0 fully saturated rings. The molecule has 1 aliphatic rings. The average molecular weight is 620 g/mol. The highest BCUT2D eigenvalue weighted by Crippen LogP contribution is 2.38. The van der Waals surface area contributed by atoms with Crippen LogP contribution in [0.2, 0.25) is 0 Å². The van der Waals surface area contributed by atoms with E-state index in [9.17, 15) is 14.4 Å². The zero-order chi connectivity index (χ0) is 29.5. The molecule has 214 valence electrons. The van der Waals surface area contributed by atoms with Crippen molar-refractivity contribution < 1.29 is 19.5 Å². The molecule has 2 amide bonds. The molecule has 41 heavy (non-hydrogen) atoms. The molecule has 1 unspecified atom stereocenters. The van der Waals surface area contributed by atoms with Gasteiger partial charge < -0.3 is 20.2 Å². The summed E-state index contributed by atoms with van der Waals surface area (Å²) in [4.78, 5) is 45.7. The van der Waals surface area contributed by atoms with Crippen LogP contribution in [0.3, 0.4) is 0 Å². The van der Waals surface area contributed by atoms with E-state index in [2.05, 4.69) is 26.1 Å². The number of halogens is 1. The molecule has 9 heteroatoms. The Morgan fingerprint density at radius 2 is 1.66 bits per heavy atom. The molecule has 0 radical (unpaired) electrons. The number of carboxylic acid groups (broad SMARTS) is 1. The minimum atomic E-state index is -0.846. The third kappa shape index (κ3) is 7.89. The molecule has 1 atom stereocenters. The number of aliphatic carboxylic acids is 1. The van der Waals surface area contributed by atoms with Crippen molar-refractivity contribution in [1.82, 2.24) is 4.90 Å². The van der Waals surface area contributed by atoms with Gasteiger partial charge in [0.05, 0.1) is 11.4 Å². The van der Waals surface area contributed by atoms with Gasteiger partial charge in [-0.15, -0.1) is 0 Å². The molecule has 1 aliphatic heterocycles. The fraction of sp³-hybridized carbons (Fsp3) is 0.312. The average Bonchev–Trinajstić information content (AvgIpc) is 3.27. The minimum Gasteiger partial charge on any atom is -0.481 e. The SMILES string of the molecule is CN(C)CCCCC(=O)N(C)c1ccc(N=C(c2ccc(CCC(=O)O)cc2)C2C(=O)Nc3cc(Br)ccc32)cc1. The number of aryl methyl sites for hydroxylation is 1. The van der Waals surface area contributed by atoms with E-state index >= 15 is 0 Å². The molecule has 0 aliphatic carbocycles. The maximum absolute atomic E-state index is 13.2. The van der Waals surface area contributed by atoms with Gasteiger partial charge in [-0.2, -0.15) is 0 Å². The lowest BCUT2D eigenvalue weighted by molar-refractivity contribution is -0.137. The normalized spacial score (nSPS) is 14.6. The lowest BCUT2D eigenvalue weighted by Gasteiger charge is -2.18. The molecule has 8 nitrogen and oxygen atoms in total. The lowest BCUT2D eigenvalue weighted by atomic mass is 9.90. The molecule has 0 saturated carbocycles. The summed E-state index contributed by atoms with van der Waals surface area (Å²) in [5, 5.41) is 12.0. The number of benzene rings is 3. The second kappa shape index (κ2) is 13.7. The van der Waals surface area contributed by atoms with Crippen molar-refractivity contribution in [3.05, 3.63) is 87.9 Å². The number of hydrogen-bond acceptors (Lipinski definition) is 5. The molecule has 0 aromatic heterocycles. The van der Waals surface area contributed by atoms with Crippen molar-refractivity contribution in [2.75, 3.05) is 37.9 Å². The number of aliphatic imine (C=N–C) groups is 1. The second-order valence-electron chi connectivity index (χ2n) is 10.5. The lowest BCUT2D eigenvalue weighted by Crippen LogP contribution is -2.26. The Morgan fingerprint density at radius 1 is 0.951 bits per heavy atom. The van der Waals surface area contributed by atoms with E-state index in [1.807, 2.05) is 80.8 Å². The van der Waals surface area contributed by atoms with Crippen molar-refractivity contribution >= 4 is 56.5 Å². The zero-order valence-electron chi connectivity index (χ0n) is 23.6. The quantitative estimate of drug-likeness (QED) is 0.191. The van der Waals surface area contributed by atoms with Gasteiger partial charge in [0.1, 0.15) is 5.92 Å². The first kappa shape index (κ1) is 30.1. The number of fused-ring (bicyclic) bond motifs is 1. The number of carbonyl (C=O) groups is 3. The number of rotatable bonds is 12. The van der Waals surface area contributed by atoms with Gasteiger partial charge in [0.25, 0.3) is 0 Å². The van der Waals surface area contributed by atoms with Gasteiger partial charge >= 0.3 is 5.97 Å². The van der Waals surface area contributed by atoms with E-state index < -0.39 is 11.9 Å². The van der Waals surface area contributed by atoms with E-state index in [-0.39, 0.29) is 18.2 Å². The van der Waals surface area contributed by atoms with Crippen LogP contribution in [0.5, 0.6) is 0 Å². The Morgan fingerprint density at radius 3 is 2.32 bits per heavy atom. The molecule has 2 N–H and O–H groups in total. The van der Waals surface area contributed by atoms with Gasteiger partial charge in [-0.05, 0) is 93.0 Å². The van der Waals surface area contributed by atoms with Crippen LogP contribution in [0.4, 0.5) is 17.1 Å². The molecule has 0 spiro atoms. The Labute approximate surface area is 249 Å². The van der Waals surface area contributed by atoms with Gasteiger partial charge in [-0.1, -0.05) is 46.3 Å². The summed E-state index contributed by atoms with van der Waals surface area (Å²) in [5.41, 5.74) is 5.27. The summed E-state index contributed by atoms with van der Waals surface area (Å²) in [7, 11) is 5.83. The molecule has 0 bridgehead atoms. The van der Waals surface area contributed by atoms with E-state index in [0.717, 1.165) is 51.9 Å². The van der Waals surface area contributed by atoms with E-state index in [0.29, 0.717) is 24.2 Å². The highest BCUT2D eigenvalue weighted by molar-refractivity contribution is 9.10. The number of nitrogens with one attached hydrogen (secondary N) is 1. The van der Waals surface area contributed by atoms with Gasteiger partial charge in [0.15, 0.2) is 0 Å². The highest BCUT2D eigenvalue weighted by atomic mass is 79.9. The number of hydrogen-bond donors (Lipinski definition) is 2. The predicted molar refractivity (Wildman–Crippen MR) is 166 cm³/mol. The van der Waals surface area contributed by atoms with Crippen molar-refractivity contribution in [3.8, 4) is 0 Å². The van der Waals surface area contributed by atoms with Crippen LogP contribution in [-0.4, -0.2) is 61.2 Å². The third-order valence-corrected chi connectivity index (χ3v) is 7.60. The molecular formula is C32H35BrN4O4. The smallest absolute Gasteiger partial charge is 0.303 e. The van der Waals surface area contributed by atoms with Crippen LogP contribution in [0, 0.1) is 0 Å². The van der Waals surface area contributed by atoms with Crippen molar-refractivity contribution in [1.29, 1.82) is 0 Å². The first-order chi connectivity index (χ1) is 19.6. The molecule has 3 aromatic carbocycles. The van der Waals surface area contributed by atoms with Crippen LogP contribution in [-0.2, 0) is 20.8 Å². The number of unbranched alkanes of at least 4 members (excludes halogenated alkanes) is 1. The Kier molecular flexibility index (Phi) is 10.1. The van der Waals surface area contributed by atoms with Gasteiger partial charge in [0.2, 0.25) is 11.8 Å². The molecular weight excluding hydrogens is 584 g/mol. The standard InChI is InChI=1S/C32H35BrN4O4/c1-36(2)19-5-4-6-28(38)37(3)25-15-13-24(14-16-25)34-31(22-10-7-21(8-11-22)9-18-29(39)40)30-26-17-12-23(33)20-27(26)35-32(30)41/h7-8,10-17,20,30H,4-6,9,18-19H2,1-3H3,(H,35,41)(H,39,40). The summed E-state index contributed by atoms with van der Waals surface area (Å²) >= 11 is 3.47. The molecule has 4 rings (SSSR count). The number of amides is 2. The van der Waals surface area contributed by atoms with Crippen LogP contribution < -0.4 is 10.2 Å². The van der Waals surface area contributed by atoms with Crippen LogP contribution >= 0.6 is 15.9 Å². The second-order valence-corrected chi connectivity index (χ2v) is 11.4. The van der Waals surface area contributed by atoms with Crippen LogP contribution in [0.15, 0.2) is 76.2 Å². The van der Waals surface area contributed by atoms with Gasteiger partial charge in [0, 0.05) is 35.7 Å². The van der Waals surface area contributed by atoms with E-state index in [1.165, 1.54) is 0 Å². The minimum absolute atomic E-state index is 0.0486. The first-order valence-electron chi connectivity index (χ1n) is 13.6. The van der Waals surface area contributed by atoms with E-state index in [4.69, 9.17) is 10.1 Å². The number of nitrogens with zero attached hydrogens (tertiary/aromatic N) is 3. The number of carboxylic acids is 1. The number of anilines is 2. The molecule has 3 aromatic rings. The summed E-state index contributed by atoms with van der Waals surface area (Å²) in [6.45, 7) is 0.956. The van der Waals surface area contributed by atoms with Crippen molar-refractivity contribution in [3.63, 3.8) is 0 Å². The fourth-order valence-corrected chi connectivity index (χ4v) is 5.16. The Balaban J connectivity index is 1.61. The maximum Gasteiger partial charge on any atom is 0.303 e. The van der Waals surface area contributed by atoms with Gasteiger partial charge in [-0.25, -0.2) is 0 Å². The number of carbonyl (C=O) groups excluding carboxylic acids is 2. The van der Waals surface area contributed by atoms with Gasteiger partial charge in [-0.3, -0.25) is 19.4 Å². The monoisotopic (exact) mass is 618 g/mol. The third-order valence-electron chi connectivity index (χ3n) is 7.10. The first-order valence-corrected chi connectivity index (χ1v) is 14.4.